The highest BCUT2D eigenvalue weighted by Gasteiger charge is 2.13. The number of fused-ring (bicyclic) bond motifs is 1. The van der Waals surface area contributed by atoms with Crippen LogP contribution in [-0.4, -0.2) is 25.8 Å². The highest BCUT2D eigenvalue weighted by atomic mass is 16.1. The topological polar surface area (TPSA) is 104 Å². The van der Waals surface area contributed by atoms with E-state index in [2.05, 4.69) is 25.3 Å². The molecule has 0 aromatic carbocycles. The summed E-state index contributed by atoms with van der Waals surface area (Å²) in [4.78, 5) is 38.9. The maximum atomic E-state index is 12.5. The first-order valence-corrected chi connectivity index (χ1v) is 8.90. The molecule has 0 aliphatic heterocycles. The highest BCUT2D eigenvalue weighted by molar-refractivity contribution is 5.95. The second kappa shape index (κ2) is 7.11. The zero-order chi connectivity index (χ0) is 19.7. The Morgan fingerprint density at radius 1 is 1.14 bits per heavy atom. The SMILES string of the molecule is Cc1ccc(NC(=O)Cc2cccnc2C)nc1-c1c[nH]c(=O)c2[nH]ccc12. The van der Waals surface area contributed by atoms with E-state index in [9.17, 15) is 9.59 Å². The number of carbonyl (C=O) groups is 1. The second-order valence-electron chi connectivity index (χ2n) is 6.63. The number of H-pyrrole nitrogens is 2. The summed E-state index contributed by atoms with van der Waals surface area (Å²) in [7, 11) is 0. The molecule has 7 heteroatoms. The Bertz CT molecular complexity index is 1240. The fraction of sp³-hybridized carbons (Fsp3) is 0.143. The molecule has 28 heavy (non-hydrogen) atoms. The van der Waals surface area contributed by atoms with Crippen molar-refractivity contribution in [3.8, 4) is 11.3 Å². The minimum absolute atomic E-state index is 0.160. The van der Waals surface area contributed by atoms with Gasteiger partial charge in [0.2, 0.25) is 5.91 Å². The molecule has 4 rings (SSSR count). The van der Waals surface area contributed by atoms with Crippen molar-refractivity contribution in [2.45, 2.75) is 20.3 Å². The van der Waals surface area contributed by atoms with Crippen LogP contribution in [0.4, 0.5) is 5.82 Å². The van der Waals surface area contributed by atoms with E-state index in [0.717, 1.165) is 27.8 Å². The van der Waals surface area contributed by atoms with Gasteiger partial charge in [0.25, 0.3) is 5.56 Å². The molecule has 0 fully saturated rings. The van der Waals surface area contributed by atoms with Crippen LogP contribution in [0.2, 0.25) is 0 Å². The largest absolute Gasteiger partial charge is 0.357 e. The molecule has 0 aliphatic carbocycles. The highest BCUT2D eigenvalue weighted by Crippen LogP contribution is 2.28. The van der Waals surface area contributed by atoms with Crippen molar-refractivity contribution in [2.24, 2.45) is 0 Å². The van der Waals surface area contributed by atoms with Crippen LogP contribution < -0.4 is 10.9 Å². The fourth-order valence-corrected chi connectivity index (χ4v) is 3.20. The van der Waals surface area contributed by atoms with Crippen LogP contribution in [0.5, 0.6) is 0 Å². The minimum atomic E-state index is -0.183. The van der Waals surface area contributed by atoms with Crippen molar-refractivity contribution in [1.29, 1.82) is 0 Å². The number of aryl methyl sites for hydroxylation is 2. The molecule has 0 saturated carbocycles. The van der Waals surface area contributed by atoms with Gasteiger partial charge in [0.15, 0.2) is 0 Å². The van der Waals surface area contributed by atoms with Crippen LogP contribution >= 0.6 is 0 Å². The van der Waals surface area contributed by atoms with E-state index in [4.69, 9.17) is 0 Å². The number of hydrogen-bond acceptors (Lipinski definition) is 4. The van der Waals surface area contributed by atoms with Gasteiger partial charge in [0, 0.05) is 35.2 Å². The molecule has 0 radical (unpaired) electrons. The summed E-state index contributed by atoms with van der Waals surface area (Å²) in [5.74, 6) is 0.300. The average Bonchev–Trinajstić information content (AvgIpc) is 3.17. The Morgan fingerprint density at radius 2 is 2.00 bits per heavy atom. The number of rotatable bonds is 4. The van der Waals surface area contributed by atoms with Crippen LogP contribution in [0, 0.1) is 13.8 Å². The maximum absolute atomic E-state index is 12.5. The third-order valence-corrected chi connectivity index (χ3v) is 4.70. The lowest BCUT2D eigenvalue weighted by Gasteiger charge is -2.11. The molecule has 7 nitrogen and oxygen atoms in total. The zero-order valence-electron chi connectivity index (χ0n) is 15.5. The van der Waals surface area contributed by atoms with E-state index in [1.807, 2.05) is 38.1 Å². The summed E-state index contributed by atoms with van der Waals surface area (Å²) in [6, 6.07) is 9.22. The Kier molecular flexibility index (Phi) is 4.49. The summed E-state index contributed by atoms with van der Waals surface area (Å²) >= 11 is 0. The van der Waals surface area contributed by atoms with Crippen molar-refractivity contribution in [1.82, 2.24) is 19.9 Å². The second-order valence-corrected chi connectivity index (χ2v) is 6.63. The van der Waals surface area contributed by atoms with Gasteiger partial charge in [-0.3, -0.25) is 14.6 Å². The number of amides is 1. The summed E-state index contributed by atoms with van der Waals surface area (Å²) in [6.45, 7) is 3.82. The first-order valence-electron chi connectivity index (χ1n) is 8.90. The maximum Gasteiger partial charge on any atom is 0.272 e. The number of hydrogen-bond donors (Lipinski definition) is 3. The average molecular weight is 373 g/mol. The van der Waals surface area contributed by atoms with Gasteiger partial charge in [-0.15, -0.1) is 0 Å². The summed E-state index contributed by atoms with van der Waals surface area (Å²) in [6.07, 6.45) is 5.31. The lowest BCUT2D eigenvalue weighted by Crippen LogP contribution is -2.16. The van der Waals surface area contributed by atoms with E-state index in [1.165, 1.54) is 0 Å². The molecular weight excluding hydrogens is 354 g/mol. The van der Waals surface area contributed by atoms with Gasteiger partial charge in [-0.1, -0.05) is 12.1 Å². The third-order valence-electron chi connectivity index (χ3n) is 4.70. The Hall–Kier alpha value is -3.74. The van der Waals surface area contributed by atoms with Gasteiger partial charge in [-0.2, -0.15) is 0 Å². The molecule has 4 aromatic heterocycles. The van der Waals surface area contributed by atoms with E-state index < -0.39 is 0 Å². The molecule has 0 spiro atoms. The quantitative estimate of drug-likeness (QED) is 0.511. The smallest absolute Gasteiger partial charge is 0.272 e. The van der Waals surface area contributed by atoms with E-state index in [0.29, 0.717) is 17.0 Å². The van der Waals surface area contributed by atoms with Crippen molar-refractivity contribution in [2.75, 3.05) is 5.32 Å². The number of nitrogens with zero attached hydrogens (tertiary/aromatic N) is 2. The number of aromatic amines is 2. The van der Waals surface area contributed by atoms with Crippen LogP contribution in [0.1, 0.15) is 16.8 Å². The van der Waals surface area contributed by atoms with Crippen molar-refractivity contribution in [3.05, 3.63) is 76.1 Å². The Labute approximate surface area is 160 Å². The molecule has 0 bridgehead atoms. The van der Waals surface area contributed by atoms with E-state index >= 15 is 0 Å². The monoisotopic (exact) mass is 373 g/mol. The van der Waals surface area contributed by atoms with Crippen LogP contribution in [-0.2, 0) is 11.2 Å². The van der Waals surface area contributed by atoms with Crippen molar-refractivity contribution < 1.29 is 4.79 Å². The van der Waals surface area contributed by atoms with E-state index in [1.54, 1.807) is 24.7 Å². The van der Waals surface area contributed by atoms with Gasteiger partial charge >= 0.3 is 0 Å². The molecule has 0 saturated heterocycles. The van der Waals surface area contributed by atoms with Crippen LogP contribution in [0.25, 0.3) is 22.2 Å². The lowest BCUT2D eigenvalue weighted by molar-refractivity contribution is -0.115. The van der Waals surface area contributed by atoms with Crippen LogP contribution in [0.15, 0.2) is 53.7 Å². The predicted molar refractivity (Wildman–Crippen MR) is 108 cm³/mol. The van der Waals surface area contributed by atoms with Gasteiger partial charge in [0.1, 0.15) is 11.3 Å². The Morgan fingerprint density at radius 3 is 2.82 bits per heavy atom. The van der Waals surface area contributed by atoms with E-state index in [-0.39, 0.29) is 17.9 Å². The number of aromatic nitrogens is 4. The molecule has 0 unspecified atom stereocenters. The van der Waals surface area contributed by atoms with Gasteiger partial charge in [0.05, 0.1) is 12.1 Å². The van der Waals surface area contributed by atoms with Gasteiger partial charge in [-0.05, 0) is 43.2 Å². The summed E-state index contributed by atoms with van der Waals surface area (Å²) in [5.41, 5.74) is 4.47. The van der Waals surface area contributed by atoms with Crippen LogP contribution in [0.3, 0.4) is 0 Å². The van der Waals surface area contributed by atoms with Crippen molar-refractivity contribution >= 4 is 22.6 Å². The molecule has 0 atom stereocenters. The number of carbonyl (C=O) groups excluding carboxylic acids is 1. The summed E-state index contributed by atoms with van der Waals surface area (Å²) in [5, 5.41) is 3.64. The zero-order valence-corrected chi connectivity index (χ0v) is 15.5. The lowest BCUT2D eigenvalue weighted by atomic mass is 10.1. The first-order chi connectivity index (χ1) is 13.5. The van der Waals surface area contributed by atoms with Gasteiger partial charge in [-0.25, -0.2) is 4.98 Å². The number of pyridine rings is 3. The number of anilines is 1. The first kappa shape index (κ1) is 17.7. The molecule has 0 aliphatic rings. The van der Waals surface area contributed by atoms with Crippen molar-refractivity contribution in [3.63, 3.8) is 0 Å². The fourth-order valence-electron chi connectivity index (χ4n) is 3.20. The minimum Gasteiger partial charge on any atom is -0.357 e. The molecule has 140 valence electrons. The molecule has 3 N–H and O–H groups in total. The molecular formula is C21H19N5O2. The molecule has 4 heterocycles. The molecule has 1 amide bonds. The normalized spacial score (nSPS) is 10.9. The number of nitrogens with one attached hydrogen (secondary N) is 3. The van der Waals surface area contributed by atoms with Gasteiger partial charge < -0.3 is 15.3 Å². The summed E-state index contributed by atoms with van der Waals surface area (Å²) < 4.78 is 0. The third kappa shape index (κ3) is 3.29. The Balaban J connectivity index is 1.65. The molecule has 4 aromatic rings. The standard InChI is InChI=1S/C21H19N5O2/c1-12-5-6-17(25-18(27)10-14-4-3-8-22-13(14)2)26-19(12)16-11-24-21(28)20-15(16)7-9-23-20/h3-9,11,23H,10H2,1-2H3,(H,24,28)(H,25,26,27). The predicted octanol–water partition coefficient (Wildman–Crippen LogP) is 3.11.